The van der Waals surface area contributed by atoms with E-state index in [0.29, 0.717) is 5.69 Å². The lowest BCUT2D eigenvalue weighted by Crippen LogP contribution is -2.48. The molecule has 2 aromatic rings. The van der Waals surface area contributed by atoms with Gasteiger partial charge in [0.05, 0.1) is 0 Å². The summed E-state index contributed by atoms with van der Waals surface area (Å²) in [7, 11) is 1.86. The van der Waals surface area contributed by atoms with Gasteiger partial charge in [0, 0.05) is 31.9 Å². The Balaban J connectivity index is 1.50. The molecule has 5 heteroatoms. The highest BCUT2D eigenvalue weighted by atomic mass is 16.2. The Morgan fingerprint density at radius 2 is 2.12 bits per heavy atom. The monoisotopic (exact) mass is 326 g/mol. The molecule has 1 aromatic carbocycles. The van der Waals surface area contributed by atoms with Gasteiger partial charge < -0.3 is 10.2 Å². The van der Waals surface area contributed by atoms with E-state index in [2.05, 4.69) is 45.6 Å². The zero-order chi connectivity index (χ0) is 16.9. The molecule has 1 saturated heterocycles. The first-order chi connectivity index (χ1) is 11.6. The second-order valence-corrected chi connectivity index (χ2v) is 6.64. The molecule has 1 aliphatic heterocycles. The van der Waals surface area contributed by atoms with E-state index in [9.17, 15) is 4.79 Å². The average molecular weight is 326 g/mol. The number of hydrogen-bond donors (Lipinski definition) is 1. The van der Waals surface area contributed by atoms with Crippen molar-refractivity contribution in [3.63, 3.8) is 0 Å². The summed E-state index contributed by atoms with van der Waals surface area (Å²) in [4.78, 5) is 14.8. The highest BCUT2D eigenvalue weighted by Crippen LogP contribution is 2.12. The molecule has 0 aliphatic carbocycles. The van der Waals surface area contributed by atoms with E-state index in [-0.39, 0.29) is 11.9 Å². The van der Waals surface area contributed by atoms with Crippen molar-refractivity contribution in [2.45, 2.75) is 32.2 Å². The molecule has 5 nitrogen and oxygen atoms in total. The lowest BCUT2D eigenvalue weighted by molar-refractivity contribution is 0.0898. The minimum atomic E-state index is -0.0615. The van der Waals surface area contributed by atoms with Crippen LogP contribution in [0.2, 0.25) is 0 Å². The number of piperidine rings is 1. The number of benzene rings is 1. The van der Waals surface area contributed by atoms with E-state index in [4.69, 9.17) is 0 Å². The number of hydrogen-bond acceptors (Lipinski definition) is 3. The SMILES string of the molecule is Cc1cc(C(=O)NC2CCCN(CCc3ccccc3)C2)nn1C. The fourth-order valence-electron chi connectivity index (χ4n) is 3.24. The fourth-order valence-corrected chi connectivity index (χ4v) is 3.24. The molecule has 3 rings (SSSR count). The Labute approximate surface area is 143 Å². The normalized spacial score (nSPS) is 18.5. The number of aromatic nitrogens is 2. The molecule has 24 heavy (non-hydrogen) atoms. The number of nitrogens with zero attached hydrogens (tertiary/aromatic N) is 3. The summed E-state index contributed by atoms with van der Waals surface area (Å²) in [5.41, 5.74) is 2.87. The van der Waals surface area contributed by atoms with Crippen molar-refractivity contribution in [3.05, 3.63) is 53.3 Å². The highest BCUT2D eigenvalue weighted by molar-refractivity contribution is 5.92. The number of carbonyl (C=O) groups is 1. The number of amides is 1. The predicted molar refractivity (Wildman–Crippen MR) is 95.0 cm³/mol. The maximum atomic E-state index is 12.4. The Bertz CT molecular complexity index is 660. The van der Waals surface area contributed by atoms with E-state index < -0.39 is 0 Å². The quantitative estimate of drug-likeness (QED) is 0.916. The van der Waals surface area contributed by atoms with Crippen molar-refractivity contribution in [1.29, 1.82) is 0 Å². The van der Waals surface area contributed by atoms with Gasteiger partial charge in [0.15, 0.2) is 0 Å². The van der Waals surface area contributed by atoms with E-state index in [0.717, 1.165) is 44.6 Å². The van der Waals surface area contributed by atoms with Crippen LogP contribution in [-0.4, -0.2) is 46.3 Å². The maximum absolute atomic E-state index is 12.4. The summed E-state index contributed by atoms with van der Waals surface area (Å²) in [6.07, 6.45) is 3.22. The van der Waals surface area contributed by atoms with Crippen molar-refractivity contribution >= 4 is 5.91 Å². The molecule has 1 amide bonds. The molecule has 1 atom stereocenters. The van der Waals surface area contributed by atoms with Gasteiger partial charge in [-0.1, -0.05) is 30.3 Å². The lowest BCUT2D eigenvalue weighted by Gasteiger charge is -2.33. The lowest BCUT2D eigenvalue weighted by atomic mass is 10.0. The van der Waals surface area contributed by atoms with E-state index in [1.165, 1.54) is 5.56 Å². The zero-order valence-electron chi connectivity index (χ0n) is 14.5. The molecule has 1 aromatic heterocycles. The van der Waals surface area contributed by atoms with Gasteiger partial charge in [-0.05, 0) is 44.4 Å². The van der Waals surface area contributed by atoms with Gasteiger partial charge in [0.25, 0.3) is 5.91 Å². The maximum Gasteiger partial charge on any atom is 0.272 e. The second-order valence-electron chi connectivity index (χ2n) is 6.64. The van der Waals surface area contributed by atoms with Crippen LogP contribution < -0.4 is 5.32 Å². The van der Waals surface area contributed by atoms with Gasteiger partial charge in [0.2, 0.25) is 0 Å². The van der Waals surface area contributed by atoms with Crippen LogP contribution in [0.15, 0.2) is 36.4 Å². The molecular weight excluding hydrogens is 300 g/mol. The second kappa shape index (κ2) is 7.62. The van der Waals surface area contributed by atoms with Crippen molar-refractivity contribution < 1.29 is 4.79 Å². The molecule has 128 valence electrons. The van der Waals surface area contributed by atoms with Gasteiger partial charge in [-0.2, -0.15) is 5.10 Å². The molecule has 0 bridgehead atoms. The minimum absolute atomic E-state index is 0.0615. The summed E-state index contributed by atoms with van der Waals surface area (Å²) >= 11 is 0. The fraction of sp³-hybridized carbons (Fsp3) is 0.474. The Kier molecular flexibility index (Phi) is 5.30. The zero-order valence-corrected chi connectivity index (χ0v) is 14.5. The summed E-state index contributed by atoms with van der Waals surface area (Å²) in [6.45, 7) is 5.03. The van der Waals surface area contributed by atoms with Crippen LogP contribution in [0.25, 0.3) is 0 Å². The molecule has 0 saturated carbocycles. The van der Waals surface area contributed by atoms with Gasteiger partial charge in [-0.15, -0.1) is 0 Å². The van der Waals surface area contributed by atoms with Crippen molar-refractivity contribution in [2.75, 3.05) is 19.6 Å². The third-order valence-electron chi connectivity index (χ3n) is 4.75. The molecule has 1 N–H and O–H groups in total. The molecule has 0 radical (unpaired) electrons. The molecule has 2 heterocycles. The summed E-state index contributed by atoms with van der Waals surface area (Å²) < 4.78 is 1.74. The molecule has 1 fully saturated rings. The third kappa shape index (κ3) is 4.23. The topological polar surface area (TPSA) is 50.2 Å². The highest BCUT2D eigenvalue weighted by Gasteiger charge is 2.22. The minimum Gasteiger partial charge on any atom is -0.347 e. The van der Waals surface area contributed by atoms with Crippen LogP contribution in [0, 0.1) is 6.92 Å². The standard InChI is InChI=1S/C19H26N4O/c1-15-13-18(21-22(15)2)19(24)20-17-9-6-11-23(14-17)12-10-16-7-4-3-5-8-16/h3-5,7-8,13,17H,6,9-12,14H2,1-2H3,(H,20,24). The van der Waals surface area contributed by atoms with Crippen LogP contribution in [0.4, 0.5) is 0 Å². The number of carbonyl (C=O) groups excluding carboxylic acids is 1. The first-order valence-corrected chi connectivity index (χ1v) is 8.69. The number of rotatable bonds is 5. The van der Waals surface area contributed by atoms with Crippen LogP contribution in [0.5, 0.6) is 0 Å². The van der Waals surface area contributed by atoms with Crippen LogP contribution in [-0.2, 0) is 13.5 Å². The van der Waals surface area contributed by atoms with Crippen molar-refractivity contribution in [1.82, 2.24) is 20.0 Å². The average Bonchev–Trinajstić information content (AvgIpc) is 2.94. The van der Waals surface area contributed by atoms with Crippen molar-refractivity contribution in [2.24, 2.45) is 7.05 Å². The van der Waals surface area contributed by atoms with Gasteiger partial charge in [-0.3, -0.25) is 9.48 Å². The summed E-state index contributed by atoms with van der Waals surface area (Å²) in [5, 5.41) is 7.41. The summed E-state index contributed by atoms with van der Waals surface area (Å²) in [5.74, 6) is -0.0615. The van der Waals surface area contributed by atoms with Gasteiger partial charge in [0.1, 0.15) is 5.69 Å². The van der Waals surface area contributed by atoms with Crippen molar-refractivity contribution in [3.8, 4) is 0 Å². The Morgan fingerprint density at radius 1 is 1.33 bits per heavy atom. The molecular formula is C19H26N4O. The van der Waals surface area contributed by atoms with Crippen LogP contribution in [0.3, 0.4) is 0 Å². The molecule has 0 spiro atoms. The smallest absolute Gasteiger partial charge is 0.272 e. The molecule has 1 unspecified atom stereocenters. The predicted octanol–water partition coefficient (Wildman–Crippen LogP) is 2.17. The van der Waals surface area contributed by atoms with E-state index in [1.807, 2.05) is 20.0 Å². The molecule has 1 aliphatic rings. The number of nitrogens with one attached hydrogen (secondary N) is 1. The Morgan fingerprint density at radius 3 is 2.83 bits per heavy atom. The van der Waals surface area contributed by atoms with Gasteiger partial charge >= 0.3 is 0 Å². The first-order valence-electron chi connectivity index (χ1n) is 8.69. The van der Waals surface area contributed by atoms with Crippen LogP contribution >= 0.6 is 0 Å². The largest absolute Gasteiger partial charge is 0.347 e. The third-order valence-corrected chi connectivity index (χ3v) is 4.75. The van der Waals surface area contributed by atoms with Gasteiger partial charge in [-0.25, -0.2) is 0 Å². The van der Waals surface area contributed by atoms with E-state index >= 15 is 0 Å². The number of likely N-dealkylation sites (tertiary alicyclic amines) is 1. The van der Waals surface area contributed by atoms with Crippen LogP contribution in [0.1, 0.15) is 34.6 Å². The summed E-state index contributed by atoms with van der Waals surface area (Å²) in [6, 6.07) is 12.6. The Hall–Kier alpha value is -2.14. The first kappa shape index (κ1) is 16.7. The van der Waals surface area contributed by atoms with E-state index in [1.54, 1.807) is 4.68 Å². The number of aryl methyl sites for hydroxylation is 2.